The summed E-state index contributed by atoms with van der Waals surface area (Å²) in [5, 5.41) is 2.60. The zero-order valence-corrected chi connectivity index (χ0v) is 16.6. The van der Waals surface area contributed by atoms with E-state index in [9.17, 15) is 9.18 Å². The van der Waals surface area contributed by atoms with Crippen molar-refractivity contribution in [2.24, 2.45) is 4.99 Å². The topological polar surface area (TPSA) is 80.4 Å². The number of fused-ring (bicyclic) bond motifs is 1. The van der Waals surface area contributed by atoms with Crippen LogP contribution in [0.1, 0.15) is 53.4 Å². The van der Waals surface area contributed by atoms with Gasteiger partial charge in [-0.1, -0.05) is 24.6 Å². The van der Waals surface area contributed by atoms with Crippen LogP contribution in [0.25, 0.3) is 0 Å². The lowest BCUT2D eigenvalue weighted by atomic mass is 10.0. The number of nitrogens with one attached hydrogen (secondary N) is 1. The molecule has 2 aromatic heterocycles. The molecule has 0 saturated heterocycles. The van der Waals surface area contributed by atoms with Gasteiger partial charge in [-0.15, -0.1) is 0 Å². The van der Waals surface area contributed by atoms with Crippen molar-refractivity contribution in [1.29, 1.82) is 0 Å². The minimum absolute atomic E-state index is 0.00467. The molecule has 6 nitrogen and oxygen atoms in total. The van der Waals surface area contributed by atoms with Gasteiger partial charge in [-0.05, 0) is 43.0 Å². The lowest BCUT2D eigenvalue weighted by Crippen LogP contribution is -2.23. The van der Waals surface area contributed by atoms with Crippen molar-refractivity contribution in [3.05, 3.63) is 77.5 Å². The Hall–Kier alpha value is -3.35. The summed E-state index contributed by atoms with van der Waals surface area (Å²) in [6.07, 6.45) is 8.55. The number of oxazole rings is 1. The van der Waals surface area contributed by atoms with E-state index in [1.165, 1.54) is 35.8 Å². The molecule has 7 heteroatoms. The predicted molar refractivity (Wildman–Crippen MR) is 111 cm³/mol. The monoisotopic (exact) mass is 406 g/mol. The van der Waals surface area contributed by atoms with E-state index < -0.39 is 11.7 Å². The predicted octanol–water partition coefficient (Wildman–Crippen LogP) is 4.57. The Morgan fingerprint density at radius 3 is 2.80 bits per heavy atom. The maximum atomic E-state index is 13.6. The van der Waals surface area contributed by atoms with Crippen LogP contribution >= 0.6 is 0 Å². The van der Waals surface area contributed by atoms with Gasteiger partial charge < -0.3 is 9.73 Å². The summed E-state index contributed by atoms with van der Waals surface area (Å²) in [4.78, 5) is 24.9. The smallest absolute Gasteiger partial charge is 0.289 e. The summed E-state index contributed by atoms with van der Waals surface area (Å²) >= 11 is 0. The van der Waals surface area contributed by atoms with Crippen LogP contribution in [0.15, 0.2) is 58.2 Å². The number of amides is 1. The molecule has 30 heavy (non-hydrogen) atoms. The molecular weight excluding hydrogens is 383 g/mol. The Balaban J connectivity index is 1.16. The van der Waals surface area contributed by atoms with Gasteiger partial charge in [-0.3, -0.25) is 14.8 Å². The molecule has 3 heterocycles. The van der Waals surface area contributed by atoms with Crippen LogP contribution in [0.3, 0.4) is 0 Å². The number of hydrogen-bond donors (Lipinski definition) is 1. The van der Waals surface area contributed by atoms with E-state index in [-0.39, 0.29) is 18.0 Å². The van der Waals surface area contributed by atoms with E-state index in [2.05, 4.69) is 38.5 Å². The first-order valence-corrected chi connectivity index (χ1v) is 10.2. The quantitative estimate of drug-likeness (QED) is 0.528. The number of aromatic nitrogens is 2. The molecule has 3 aromatic rings. The number of nitrogens with zero attached hydrogens (tertiary/aromatic N) is 3. The Kier molecular flexibility index (Phi) is 6.27. The van der Waals surface area contributed by atoms with Crippen LogP contribution in [-0.4, -0.2) is 21.6 Å². The van der Waals surface area contributed by atoms with Crippen molar-refractivity contribution < 1.29 is 13.6 Å². The number of unbranched alkanes of at least 4 members (excludes halogenated alkanes) is 2. The van der Waals surface area contributed by atoms with Crippen LogP contribution in [0.4, 0.5) is 10.1 Å². The van der Waals surface area contributed by atoms with Gasteiger partial charge in [0.1, 0.15) is 5.82 Å². The van der Waals surface area contributed by atoms with E-state index in [1.807, 2.05) is 6.07 Å². The van der Waals surface area contributed by atoms with Gasteiger partial charge in [0.2, 0.25) is 5.76 Å². The molecule has 1 aliphatic rings. The maximum absolute atomic E-state index is 13.6. The number of aryl methyl sites for hydroxylation is 1. The molecule has 1 aliphatic heterocycles. The fraction of sp³-hybridized carbons (Fsp3) is 0.304. The molecule has 1 aromatic carbocycles. The summed E-state index contributed by atoms with van der Waals surface area (Å²) in [5.74, 6) is -0.227. The van der Waals surface area contributed by atoms with Gasteiger partial charge in [0.25, 0.3) is 5.91 Å². The third-order valence-electron chi connectivity index (χ3n) is 5.05. The van der Waals surface area contributed by atoms with E-state index in [1.54, 1.807) is 0 Å². The first kappa shape index (κ1) is 19.9. The van der Waals surface area contributed by atoms with Crippen LogP contribution in [0, 0.1) is 5.82 Å². The zero-order chi connectivity index (χ0) is 20.8. The summed E-state index contributed by atoms with van der Waals surface area (Å²) < 4.78 is 19.1. The van der Waals surface area contributed by atoms with Crippen LogP contribution in [0.5, 0.6) is 0 Å². The number of benzene rings is 1. The number of carbonyl (C=O) groups excluding carboxylic acids is 1. The lowest BCUT2D eigenvalue weighted by molar-refractivity contribution is 0.0920. The average Bonchev–Trinajstić information content (AvgIpc) is 3.39. The summed E-state index contributed by atoms with van der Waals surface area (Å²) in [6.45, 7) is -0.00467. The molecule has 0 fully saturated rings. The Labute approximate surface area is 174 Å². The lowest BCUT2D eigenvalue weighted by Gasteiger charge is -2.03. The van der Waals surface area contributed by atoms with Crippen LogP contribution in [-0.2, 0) is 19.4 Å². The van der Waals surface area contributed by atoms with E-state index in [0.717, 1.165) is 37.8 Å². The number of hydrogen-bond acceptors (Lipinski definition) is 5. The molecule has 0 saturated carbocycles. The molecule has 0 atom stereocenters. The number of pyridine rings is 1. The third-order valence-corrected chi connectivity index (χ3v) is 5.05. The summed E-state index contributed by atoms with van der Waals surface area (Å²) in [5.41, 5.74) is 3.84. The van der Waals surface area contributed by atoms with E-state index >= 15 is 0 Å². The van der Waals surface area contributed by atoms with E-state index in [4.69, 9.17) is 4.42 Å². The molecule has 1 amide bonds. The SMILES string of the molecule is O=C(NCc1ncccc1F)c1cnc(CCCCCC2=Nc3ccccc3C2)o1. The van der Waals surface area contributed by atoms with Gasteiger partial charge in [-0.25, -0.2) is 9.37 Å². The maximum Gasteiger partial charge on any atom is 0.289 e. The minimum Gasteiger partial charge on any atom is -0.436 e. The number of para-hydroxylation sites is 1. The van der Waals surface area contributed by atoms with E-state index in [0.29, 0.717) is 12.3 Å². The van der Waals surface area contributed by atoms with Crippen molar-refractivity contribution in [1.82, 2.24) is 15.3 Å². The highest BCUT2D eigenvalue weighted by molar-refractivity contribution is 5.93. The zero-order valence-electron chi connectivity index (χ0n) is 16.6. The van der Waals surface area contributed by atoms with Gasteiger partial charge in [-0.2, -0.15) is 0 Å². The molecule has 0 unspecified atom stereocenters. The molecule has 154 valence electrons. The van der Waals surface area contributed by atoms with Crippen LogP contribution < -0.4 is 5.32 Å². The number of halogens is 1. The molecule has 0 aliphatic carbocycles. The number of aliphatic imine (C=N–C) groups is 1. The first-order valence-electron chi connectivity index (χ1n) is 10.2. The third kappa shape index (κ3) is 4.97. The Morgan fingerprint density at radius 2 is 1.93 bits per heavy atom. The highest BCUT2D eigenvalue weighted by atomic mass is 19.1. The number of carbonyl (C=O) groups is 1. The largest absolute Gasteiger partial charge is 0.436 e. The second-order valence-corrected chi connectivity index (χ2v) is 7.28. The average molecular weight is 406 g/mol. The molecule has 1 N–H and O–H groups in total. The van der Waals surface area contributed by atoms with Gasteiger partial charge >= 0.3 is 0 Å². The normalized spacial score (nSPS) is 12.5. The fourth-order valence-corrected chi connectivity index (χ4v) is 3.46. The van der Waals surface area contributed by atoms with Crippen molar-refractivity contribution in [2.75, 3.05) is 0 Å². The second-order valence-electron chi connectivity index (χ2n) is 7.28. The second kappa shape index (κ2) is 9.43. The highest BCUT2D eigenvalue weighted by Gasteiger charge is 2.15. The molecule has 0 spiro atoms. The van der Waals surface area contributed by atoms with Gasteiger partial charge in [0.05, 0.1) is 24.1 Å². The standard InChI is InChI=1S/C23H23FN4O2/c24-18-9-6-12-25-20(18)14-27-23(29)21-15-26-22(30-21)11-3-1-2-8-17-13-16-7-4-5-10-19(16)28-17/h4-7,9-10,12,15H,1-3,8,11,13-14H2,(H,27,29). The van der Waals surface area contributed by atoms with Crippen molar-refractivity contribution in [2.45, 2.75) is 45.1 Å². The molecule has 0 radical (unpaired) electrons. The Bertz CT molecular complexity index is 1060. The fourth-order valence-electron chi connectivity index (χ4n) is 3.46. The highest BCUT2D eigenvalue weighted by Crippen LogP contribution is 2.27. The van der Waals surface area contributed by atoms with Crippen molar-refractivity contribution in [3.8, 4) is 0 Å². The van der Waals surface area contributed by atoms with Gasteiger partial charge in [0.15, 0.2) is 5.89 Å². The number of rotatable bonds is 9. The van der Waals surface area contributed by atoms with Crippen molar-refractivity contribution in [3.63, 3.8) is 0 Å². The summed E-state index contributed by atoms with van der Waals surface area (Å²) in [6, 6.07) is 11.1. The Morgan fingerprint density at radius 1 is 1.07 bits per heavy atom. The minimum atomic E-state index is -0.455. The summed E-state index contributed by atoms with van der Waals surface area (Å²) in [7, 11) is 0. The van der Waals surface area contributed by atoms with Crippen LogP contribution in [0.2, 0.25) is 0 Å². The first-order chi connectivity index (χ1) is 14.7. The molecular formula is C23H23FN4O2. The van der Waals surface area contributed by atoms with Crippen molar-refractivity contribution >= 4 is 17.3 Å². The molecule has 4 rings (SSSR count). The molecule has 0 bridgehead atoms. The van der Waals surface area contributed by atoms with Gasteiger partial charge in [0, 0.05) is 24.8 Å².